The molecule has 0 bridgehead atoms. The first kappa shape index (κ1) is 8.91. The Labute approximate surface area is 83.6 Å². The molecular formula is C12H13N2+. The Morgan fingerprint density at radius 2 is 1.57 bits per heavy atom. The molecular weight excluding hydrogens is 172 g/mol. The van der Waals surface area contributed by atoms with E-state index in [-0.39, 0.29) is 0 Å². The second kappa shape index (κ2) is 4.03. The van der Waals surface area contributed by atoms with Gasteiger partial charge >= 0.3 is 0 Å². The first-order valence-corrected chi connectivity index (χ1v) is 4.66. The molecule has 0 saturated carbocycles. The number of benzene rings is 1. The van der Waals surface area contributed by atoms with E-state index >= 15 is 0 Å². The van der Waals surface area contributed by atoms with Gasteiger partial charge in [-0.3, -0.25) is 0 Å². The summed E-state index contributed by atoms with van der Waals surface area (Å²) in [6.45, 7) is 0.597. The molecule has 2 N–H and O–H groups in total. The molecule has 1 heterocycles. The normalized spacial score (nSPS) is 10.1. The van der Waals surface area contributed by atoms with Crippen molar-refractivity contribution in [2.24, 2.45) is 5.73 Å². The third-order valence-electron chi connectivity index (χ3n) is 2.19. The van der Waals surface area contributed by atoms with Crippen LogP contribution in [0.1, 0.15) is 5.56 Å². The van der Waals surface area contributed by atoms with Crippen LogP contribution in [0.4, 0.5) is 0 Å². The zero-order valence-corrected chi connectivity index (χ0v) is 7.93. The Hall–Kier alpha value is -1.67. The summed E-state index contributed by atoms with van der Waals surface area (Å²) in [6.07, 6.45) is 4.05. The lowest BCUT2D eigenvalue weighted by molar-refractivity contribution is -0.595. The molecule has 0 aliphatic heterocycles. The molecule has 0 saturated heterocycles. The zero-order valence-electron chi connectivity index (χ0n) is 7.93. The van der Waals surface area contributed by atoms with Crippen molar-refractivity contribution in [1.29, 1.82) is 0 Å². The number of rotatable bonds is 2. The monoisotopic (exact) mass is 185 g/mol. The second-order valence-corrected chi connectivity index (χ2v) is 3.15. The van der Waals surface area contributed by atoms with Gasteiger partial charge in [-0.15, -0.1) is 0 Å². The van der Waals surface area contributed by atoms with Gasteiger partial charge in [-0.05, 0) is 5.56 Å². The minimum absolute atomic E-state index is 0.597. The molecule has 0 radical (unpaired) electrons. The highest BCUT2D eigenvalue weighted by atomic mass is 14.9. The van der Waals surface area contributed by atoms with E-state index < -0.39 is 0 Å². The van der Waals surface area contributed by atoms with E-state index in [9.17, 15) is 0 Å². The highest BCUT2D eigenvalue weighted by Gasteiger charge is 2.02. The molecule has 70 valence electrons. The van der Waals surface area contributed by atoms with Gasteiger partial charge in [0, 0.05) is 30.8 Å². The number of aromatic nitrogens is 1. The summed E-state index contributed by atoms with van der Waals surface area (Å²) in [5.41, 5.74) is 7.84. The maximum Gasteiger partial charge on any atom is 0.210 e. The largest absolute Gasteiger partial charge is 0.326 e. The molecule has 0 fully saturated rings. The van der Waals surface area contributed by atoms with Crippen LogP contribution in [0.3, 0.4) is 0 Å². The molecule has 14 heavy (non-hydrogen) atoms. The Morgan fingerprint density at radius 3 is 2.14 bits per heavy atom. The summed E-state index contributed by atoms with van der Waals surface area (Å²) in [6, 6.07) is 14.3. The quantitative estimate of drug-likeness (QED) is 0.705. The van der Waals surface area contributed by atoms with Gasteiger partial charge in [-0.25, -0.2) is 0 Å². The Morgan fingerprint density at radius 1 is 0.929 bits per heavy atom. The Balaban J connectivity index is 2.34. The van der Waals surface area contributed by atoms with Crippen LogP contribution in [0.5, 0.6) is 0 Å². The molecule has 2 rings (SSSR count). The summed E-state index contributed by atoms with van der Waals surface area (Å²) in [5, 5.41) is 0. The van der Waals surface area contributed by atoms with Crippen LogP contribution in [-0.2, 0) is 6.54 Å². The van der Waals surface area contributed by atoms with Gasteiger partial charge in [0.25, 0.3) is 0 Å². The van der Waals surface area contributed by atoms with E-state index in [1.807, 2.05) is 30.6 Å². The molecule has 2 heteroatoms. The van der Waals surface area contributed by atoms with Crippen molar-refractivity contribution in [3.63, 3.8) is 0 Å². The first-order chi connectivity index (χ1) is 6.90. The van der Waals surface area contributed by atoms with Crippen LogP contribution < -0.4 is 10.3 Å². The van der Waals surface area contributed by atoms with Crippen LogP contribution >= 0.6 is 0 Å². The average molecular weight is 185 g/mol. The number of nitrogens with two attached hydrogens (primary N) is 1. The number of nitrogens with zero attached hydrogens (tertiary/aromatic N) is 1. The van der Waals surface area contributed by atoms with Crippen LogP contribution in [0.25, 0.3) is 5.69 Å². The van der Waals surface area contributed by atoms with Gasteiger partial charge in [0.05, 0.1) is 0 Å². The maximum absolute atomic E-state index is 5.53. The molecule has 1 aromatic heterocycles. The van der Waals surface area contributed by atoms with Gasteiger partial charge in [0.15, 0.2) is 12.4 Å². The smallest absolute Gasteiger partial charge is 0.210 e. The van der Waals surface area contributed by atoms with E-state index in [1.54, 1.807) is 0 Å². The SMILES string of the molecule is NCc1ccc(-[n+]2ccccc2)cc1. The van der Waals surface area contributed by atoms with E-state index in [1.165, 1.54) is 0 Å². The summed E-state index contributed by atoms with van der Waals surface area (Å²) >= 11 is 0. The van der Waals surface area contributed by atoms with Crippen molar-refractivity contribution < 1.29 is 4.57 Å². The average Bonchev–Trinajstić information content (AvgIpc) is 2.30. The fraction of sp³-hybridized carbons (Fsp3) is 0.0833. The summed E-state index contributed by atoms with van der Waals surface area (Å²) in [7, 11) is 0. The first-order valence-electron chi connectivity index (χ1n) is 4.66. The number of hydrogen-bond acceptors (Lipinski definition) is 1. The zero-order chi connectivity index (χ0) is 9.80. The second-order valence-electron chi connectivity index (χ2n) is 3.15. The molecule has 2 nitrogen and oxygen atoms in total. The molecule has 0 atom stereocenters. The highest BCUT2D eigenvalue weighted by molar-refractivity contribution is 5.27. The van der Waals surface area contributed by atoms with Gasteiger partial charge in [-0.2, -0.15) is 4.57 Å². The topological polar surface area (TPSA) is 29.9 Å². The minimum Gasteiger partial charge on any atom is -0.326 e. The molecule has 0 amide bonds. The fourth-order valence-electron chi connectivity index (χ4n) is 1.37. The summed E-state index contributed by atoms with van der Waals surface area (Å²) in [5.74, 6) is 0. The standard InChI is InChI=1S/C12H13N2/c13-10-11-4-6-12(7-5-11)14-8-2-1-3-9-14/h1-9H,10,13H2/q+1. The lowest BCUT2D eigenvalue weighted by Gasteiger charge is -1.97. The number of pyridine rings is 1. The van der Waals surface area contributed by atoms with E-state index in [4.69, 9.17) is 5.73 Å². The summed E-state index contributed by atoms with van der Waals surface area (Å²) < 4.78 is 2.07. The van der Waals surface area contributed by atoms with Crippen molar-refractivity contribution in [2.75, 3.05) is 0 Å². The van der Waals surface area contributed by atoms with Gasteiger partial charge in [-0.1, -0.05) is 18.2 Å². The van der Waals surface area contributed by atoms with Crippen molar-refractivity contribution in [3.05, 3.63) is 60.4 Å². The van der Waals surface area contributed by atoms with Crippen LogP contribution in [0.15, 0.2) is 54.9 Å². The van der Waals surface area contributed by atoms with Crippen molar-refractivity contribution >= 4 is 0 Å². The third kappa shape index (κ3) is 1.80. The fourth-order valence-corrected chi connectivity index (χ4v) is 1.37. The van der Waals surface area contributed by atoms with Crippen molar-refractivity contribution in [1.82, 2.24) is 0 Å². The van der Waals surface area contributed by atoms with Gasteiger partial charge < -0.3 is 5.73 Å². The molecule has 0 unspecified atom stereocenters. The number of hydrogen-bond donors (Lipinski definition) is 1. The Kier molecular flexibility index (Phi) is 2.56. The molecule has 2 aromatic rings. The predicted octanol–water partition coefficient (Wildman–Crippen LogP) is 1.42. The van der Waals surface area contributed by atoms with Crippen LogP contribution in [-0.4, -0.2) is 0 Å². The Bertz CT molecular complexity index is 392. The maximum atomic E-state index is 5.53. The molecule has 1 aromatic carbocycles. The van der Waals surface area contributed by atoms with Crippen LogP contribution in [0, 0.1) is 0 Å². The summed E-state index contributed by atoms with van der Waals surface area (Å²) in [4.78, 5) is 0. The van der Waals surface area contributed by atoms with Gasteiger partial charge in [0.1, 0.15) is 0 Å². The van der Waals surface area contributed by atoms with E-state index in [2.05, 4.69) is 28.8 Å². The van der Waals surface area contributed by atoms with Crippen LogP contribution in [0.2, 0.25) is 0 Å². The molecule has 0 aliphatic rings. The predicted molar refractivity (Wildman–Crippen MR) is 55.9 cm³/mol. The lowest BCUT2D eigenvalue weighted by Crippen LogP contribution is -2.28. The van der Waals surface area contributed by atoms with E-state index in [0.717, 1.165) is 11.3 Å². The van der Waals surface area contributed by atoms with Crippen molar-refractivity contribution in [3.8, 4) is 5.69 Å². The van der Waals surface area contributed by atoms with E-state index in [0.29, 0.717) is 6.54 Å². The molecule has 0 spiro atoms. The highest BCUT2D eigenvalue weighted by Crippen LogP contribution is 2.02. The van der Waals surface area contributed by atoms with Gasteiger partial charge in [0.2, 0.25) is 5.69 Å². The minimum atomic E-state index is 0.597. The molecule has 0 aliphatic carbocycles. The van der Waals surface area contributed by atoms with Crippen molar-refractivity contribution in [2.45, 2.75) is 6.54 Å². The third-order valence-corrected chi connectivity index (χ3v) is 2.19. The lowest BCUT2D eigenvalue weighted by atomic mass is 10.2.